The molecule has 2 heterocycles. The lowest BCUT2D eigenvalue weighted by atomic mass is 10.1. The Kier molecular flexibility index (Phi) is 41.4. The molecule has 14 aromatic rings. The molecule has 0 bridgehead atoms. The van der Waals surface area contributed by atoms with E-state index in [1.165, 1.54) is 72.8 Å². The van der Waals surface area contributed by atoms with Gasteiger partial charge in [-0.3, -0.25) is 18.2 Å². The van der Waals surface area contributed by atoms with Gasteiger partial charge in [0, 0.05) is 30.8 Å². The van der Waals surface area contributed by atoms with Gasteiger partial charge >= 0.3 is 48.4 Å². The minimum atomic E-state index is -4.81. The van der Waals surface area contributed by atoms with Crippen LogP contribution in [0.2, 0.25) is 0 Å². The minimum absolute atomic E-state index is 0.0180. The summed E-state index contributed by atoms with van der Waals surface area (Å²) >= 11 is 0. The standard InChI is InChI=1S/C90H78N26O14S4.4O3S/c1-55-47-59(18-40-75(55)111-107-65-24-20-63(21-25-65)103-105-67-28-36-73(37-29-67)131(119,120)121)51-84-95-85(52-60-19-41-76(56(2)48-60)113-115-79-44-34-71(53-82(79)133(125,126)127)109-101-61-13-7-5-8-14-61)97-90(96-84)94-81(86(117)118)17-11-12-46-91-87-98-88(92-69-32-42-77(57(3)49-69)112-108-66-26-22-64(23-27-66)104-106-68-30-38-74(39-31-68)132(122,123)124)100-89(99-87)93-70-33-43-78(58(4)50-70)114-116-80-45-35-72(54-83(80)134(128,129)130)110-102-62-15-9-6-10-16-62;4*1-4(2)3/h5-10,13-16,18-45,47-50,53-54,81H,11-12,17,46,51-52H2,1-4H3,(H,117,118)(H,119,120,121)(H,122,123,124)(H,125,126,127)(H,128,129,130)(H,94,95,96,97)(H3,91,92,93,98,99,100);;;;. The third kappa shape index (κ3) is 39.0. The van der Waals surface area contributed by atoms with Crippen molar-refractivity contribution in [3.05, 3.63) is 312 Å². The molecule has 14 rings (SSSR count). The fourth-order valence-corrected chi connectivity index (χ4v) is 14.9. The van der Waals surface area contributed by atoms with Crippen LogP contribution < -0.4 is 21.3 Å². The first kappa shape index (κ1) is 114. The molecule has 1 atom stereocenters. The molecule has 1 unspecified atom stereocenters. The molecular formula is C90H78N26O26S8. The maximum absolute atomic E-state index is 13.3. The third-order valence-corrected chi connectivity index (χ3v) is 22.9. The molecule has 0 aliphatic carbocycles. The number of nitrogens with one attached hydrogen (secondary N) is 4. The van der Waals surface area contributed by atoms with Crippen LogP contribution in [0.15, 0.2) is 368 Å². The normalized spacial score (nSPS) is 11.8. The molecule has 772 valence electrons. The van der Waals surface area contributed by atoms with E-state index in [4.69, 9.17) is 80.4 Å². The lowest BCUT2D eigenvalue weighted by Gasteiger charge is -2.16. The first-order valence-electron chi connectivity index (χ1n) is 42.5. The molecule has 0 spiro atoms. The Morgan fingerprint density at radius 1 is 0.293 bits per heavy atom. The molecule has 0 saturated carbocycles. The molecule has 52 nitrogen and oxygen atoms in total. The zero-order valence-electron chi connectivity index (χ0n) is 77.6. The molecule has 12 aromatic carbocycles. The Morgan fingerprint density at radius 2 is 0.567 bits per heavy atom. The predicted octanol–water partition coefficient (Wildman–Crippen LogP) is 20.4. The number of carboxylic acid groups (broad SMARTS) is 1. The fraction of sp³-hybridized carbons (Fsp3) is 0.122. The van der Waals surface area contributed by atoms with Crippen LogP contribution in [-0.4, -0.2) is 156 Å². The number of hydrogen-bond donors (Lipinski definition) is 9. The Morgan fingerprint density at radius 3 is 0.880 bits per heavy atom. The lowest BCUT2D eigenvalue weighted by Crippen LogP contribution is -2.30. The number of carbonyl (C=O) groups is 1. The summed E-state index contributed by atoms with van der Waals surface area (Å²) in [5.74, 6) is -0.340. The largest absolute Gasteiger partial charge is 0.480 e. The monoisotopic (exact) mass is 2190 g/mol. The number of benzene rings is 12. The first-order valence-corrected chi connectivity index (χ1v) is 52.2. The average molecular weight is 2200 g/mol. The summed E-state index contributed by atoms with van der Waals surface area (Å²) in [6.07, 6.45) is 1.09. The lowest BCUT2D eigenvalue weighted by molar-refractivity contribution is -0.138. The second-order valence-corrected chi connectivity index (χ2v) is 37.7. The number of aliphatic carboxylic acids is 1. The summed E-state index contributed by atoms with van der Waals surface area (Å²) < 4.78 is 237. The summed E-state index contributed by atoms with van der Waals surface area (Å²) in [4.78, 5) is 40.2. The molecule has 0 amide bonds. The van der Waals surface area contributed by atoms with Crippen molar-refractivity contribution in [3.63, 3.8) is 0 Å². The minimum Gasteiger partial charge on any atom is -0.480 e. The van der Waals surface area contributed by atoms with Crippen LogP contribution in [0.1, 0.15) is 64.3 Å². The van der Waals surface area contributed by atoms with Crippen LogP contribution in [0.5, 0.6) is 0 Å². The second-order valence-electron chi connectivity index (χ2n) is 30.4. The van der Waals surface area contributed by atoms with Gasteiger partial charge in [0.15, 0.2) is 0 Å². The van der Waals surface area contributed by atoms with Crippen LogP contribution in [0.3, 0.4) is 0 Å². The van der Waals surface area contributed by atoms with Crippen molar-refractivity contribution in [1.82, 2.24) is 29.9 Å². The van der Waals surface area contributed by atoms with Crippen molar-refractivity contribution in [2.75, 3.05) is 27.8 Å². The quantitative estimate of drug-likeness (QED) is 0.00992. The zero-order chi connectivity index (χ0) is 109. The van der Waals surface area contributed by atoms with Gasteiger partial charge in [-0.2, -0.15) is 130 Å². The van der Waals surface area contributed by atoms with Gasteiger partial charge in [-0.05, 0) is 287 Å². The average Bonchev–Trinajstić information content (AvgIpc) is 0.814. The second kappa shape index (κ2) is 54.4. The van der Waals surface area contributed by atoms with Crippen molar-refractivity contribution in [1.29, 1.82) is 0 Å². The first-order chi connectivity index (χ1) is 71.2. The number of aromatic nitrogens is 6. The molecule has 2 aromatic heterocycles. The van der Waals surface area contributed by atoms with E-state index in [0.29, 0.717) is 115 Å². The highest BCUT2D eigenvalue weighted by Gasteiger charge is 2.24. The van der Waals surface area contributed by atoms with Crippen molar-refractivity contribution in [2.45, 2.75) is 85.4 Å². The number of hydrogen-bond acceptors (Lipinski definition) is 47. The topological polar surface area (TPSA) is 783 Å². The summed E-state index contributed by atoms with van der Waals surface area (Å²) in [6, 6.07) is 69.3. The van der Waals surface area contributed by atoms with E-state index in [0.717, 1.165) is 28.8 Å². The predicted molar refractivity (Wildman–Crippen MR) is 537 cm³/mol. The van der Waals surface area contributed by atoms with Gasteiger partial charge < -0.3 is 26.4 Å². The molecule has 60 heteroatoms. The fourth-order valence-electron chi connectivity index (χ4n) is 12.7. The van der Waals surface area contributed by atoms with Crippen LogP contribution in [-0.2, 0) is 101 Å². The van der Waals surface area contributed by atoms with Gasteiger partial charge in [-0.1, -0.05) is 60.7 Å². The van der Waals surface area contributed by atoms with Gasteiger partial charge in [-0.15, -0.1) is 60.7 Å². The highest BCUT2D eigenvalue weighted by Crippen LogP contribution is 2.38. The smallest absolute Gasteiger partial charge is 0.425 e. The van der Waals surface area contributed by atoms with E-state index in [1.807, 2.05) is 50.2 Å². The van der Waals surface area contributed by atoms with E-state index in [1.54, 1.807) is 159 Å². The number of azo groups is 8. The van der Waals surface area contributed by atoms with Crippen LogP contribution in [0, 0.1) is 27.7 Å². The van der Waals surface area contributed by atoms with E-state index in [9.17, 15) is 61.8 Å². The molecule has 9 N–H and O–H groups in total. The van der Waals surface area contributed by atoms with Crippen molar-refractivity contribution in [3.8, 4) is 0 Å². The maximum atomic E-state index is 13.3. The van der Waals surface area contributed by atoms with Crippen LogP contribution >= 0.6 is 0 Å². The van der Waals surface area contributed by atoms with Crippen LogP contribution in [0.4, 0.5) is 126 Å². The van der Waals surface area contributed by atoms with Gasteiger partial charge in [0.05, 0.1) is 89.4 Å². The van der Waals surface area contributed by atoms with Crippen molar-refractivity contribution < 1.29 is 112 Å². The third-order valence-electron chi connectivity index (χ3n) is 19.4. The van der Waals surface area contributed by atoms with E-state index >= 15 is 0 Å². The molecule has 0 aliphatic rings. The summed E-state index contributed by atoms with van der Waals surface area (Å²) in [5, 5.41) is 91.7. The summed E-state index contributed by atoms with van der Waals surface area (Å²) in [7, 11) is -30.8. The number of carboxylic acids is 1. The van der Waals surface area contributed by atoms with Crippen LogP contribution in [0.25, 0.3) is 0 Å². The Labute approximate surface area is 858 Å². The molecule has 150 heavy (non-hydrogen) atoms. The number of aryl methyl sites for hydroxylation is 4. The summed E-state index contributed by atoms with van der Waals surface area (Å²) in [6.45, 7) is 7.47. The number of unbranched alkanes of at least 4 members (excludes halogenated alkanes) is 1. The molecule has 0 fully saturated rings. The molecule has 0 radical (unpaired) electrons. The van der Waals surface area contributed by atoms with Gasteiger partial charge in [-0.25, -0.2) is 9.78 Å². The van der Waals surface area contributed by atoms with Gasteiger partial charge in [0.2, 0.25) is 23.8 Å². The number of nitrogens with zero attached hydrogens (tertiary/aromatic N) is 22. The molecule has 0 saturated heterocycles. The maximum Gasteiger partial charge on any atom is 0.425 e. The van der Waals surface area contributed by atoms with E-state index in [-0.39, 0.29) is 88.0 Å². The Bertz CT molecular complexity index is 8440. The van der Waals surface area contributed by atoms with Gasteiger partial charge in [0.25, 0.3) is 40.5 Å². The van der Waals surface area contributed by atoms with Crippen molar-refractivity contribution >= 4 is 215 Å². The summed E-state index contributed by atoms with van der Waals surface area (Å²) in [5.41, 5.74) is 10.7. The Balaban J connectivity index is 0.00000134. The highest BCUT2D eigenvalue weighted by atomic mass is 32.2. The van der Waals surface area contributed by atoms with Crippen molar-refractivity contribution in [2.24, 2.45) is 81.8 Å². The van der Waals surface area contributed by atoms with E-state index < -0.39 is 105 Å². The SMILES string of the molecule is Cc1cc(Cc2nc(Cc3ccc(N=Nc4ccc(N=Nc5ccccc5)cc4S(=O)(=O)O)c(C)c3)nc(NC(CCCCNc3nc(Nc4ccc(N=Nc5ccc(N=Nc6ccc(S(=O)(=O)O)cc6)cc5)c(C)c4)nc(Nc4ccc(N=Nc5ccc(N=Nc6ccccc6)cc5S(=O)(=O)O)c(C)c4)n3)C(=O)O)n2)ccc1N=Nc1ccc(N=Nc2ccc(S(=O)(=O)O)cc2)cc1.O=S(=O)=O.O=S(=O)=O.O=S(=O)=O.O=S(=O)=O. The molecular weight excluding hydrogens is 2120 g/mol. The number of rotatable bonds is 37. The highest BCUT2D eigenvalue weighted by molar-refractivity contribution is 7.86. The molecule has 0 aliphatic heterocycles. The van der Waals surface area contributed by atoms with E-state index in [2.05, 4.69) is 103 Å². The Hall–Kier alpha value is -17.8. The number of anilines is 6. The zero-order valence-corrected chi connectivity index (χ0v) is 84.2. The van der Waals surface area contributed by atoms with Gasteiger partial charge in [0.1, 0.15) is 38.9 Å².